The average Bonchev–Trinajstić information content (AvgIpc) is 3.26. The molecule has 180 valence electrons. The Morgan fingerprint density at radius 1 is 1.06 bits per heavy atom. The summed E-state index contributed by atoms with van der Waals surface area (Å²) in [6.45, 7) is 5.29. The fourth-order valence-corrected chi connectivity index (χ4v) is 5.72. The summed E-state index contributed by atoms with van der Waals surface area (Å²) in [7, 11) is 3.26. The van der Waals surface area contributed by atoms with Crippen molar-refractivity contribution in [3.05, 3.63) is 18.2 Å². The van der Waals surface area contributed by atoms with Crippen LogP contribution in [0.3, 0.4) is 0 Å². The van der Waals surface area contributed by atoms with Crippen LogP contribution in [0.25, 0.3) is 11.4 Å². The van der Waals surface area contributed by atoms with Crippen LogP contribution >= 0.6 is 11.8 Å². The van der Waals surface area contributed by atoms with E-state index in [4.69, 9.17) is 14.2 Å². The van der Waals surface area contributed by atoms with Crippen molar-refractivity contribution >= 4 is 17.7 Å². The Kier molecular flexibility index (Phi) is 7.80. The van der Waals surface area contributed by atoms with E-state index in [1.807, 2.05) is 36.9 Å². The molecule has 9 heteroatoms. The normalized spacial score (nSPS) is 21.8. The number of hydrogen-bond donors (Lipinski definition) is 0. The highest BCUT2D eigenvalue weighted by atomic mass is 32.2. The summed E-state index contributed by atoms with van der Waals surface area (Å²) in [5.74, 6) is 2.61. The number of rotatable bonds is 7. The van der Waals surface area contributed by atoms with Gasteiger partial charge >= 0.3 is 0 Å². The summed E-state index contributed by atoms with van der Waals surface area (Å²) < 4.78 is 18.9. The van der Waals surface area contributed by atoms with Crippen LogP contribution < -0.4 is 9.47 Å². The van der Waals surface area contributed by atoms with Crippen LogP contribution in [-0.2, 0) is 9.53 Å². The van der Waals surface area contributed by atoms with Gasteiger partial charge in [0.25, 0.3) is 0 Å². The molecule has 2 heterocycles. The number of amides is 1. The number of benzene rings is 1. The molecule has 1 aromatic heterocycles. The lowest BCUT2D eigenvalue weighted by Gasteiger charge is -2.35. The van der Waals surface area contributed by atoms with E-state index >= 15 is 0 Å². The second-order valence-corrected chi connectivity index (χ2v) is 9.82. The highest BCUT2D eigenvalue weighted by molar-refractivity contribution is 7.99. The van der Waals surface area contributed by atoms with Crippen LogP contribution in [0.2, 0.25) is 0 Å². The maximum atomic E-state index is 12.9. The Morgan fingerprint density at radius 2 is 1.76 bits per heavy atom. The minimum atomic E-state index is 0.0604. The molecule has 2 aromatic rings. The minimum Gasteiger partial charge on any atom is -0.493 e. The minimum absolute atomic E-state index is 0.0604. The zero-order chi connectivity index (χ0) is 23.4. The second kappa shape index (κ2) is 10.8. The third kappa shape index (κ3) is 5.46. The fourth-order valence-electron chi connectivity index (χ4n) is 4.82. The lowest BCUT2D eigenvalue weighted by atomic mass is 9.95. The molecule has 1 amide bonds. The first-order valence-corrected chi connectivity index (χ1v) is 12.7. The zero-order valence-electron chi connectivity index (χ0n) is 20.0. The van der Waals surface area contributed by atoms with Crippen molar-refractivity contribution in [2.75, 3.05) is 33.1 Å². The van der Waals surface area contributed by atoms with E-state index < -0.39 is 0 Å². The summed E-state index contributed by atoms with van der Waals surface area (Å²) in [5, 5.41) is 9.88. The van der Waals surface area contributed by atoms with E-state index in [-0.39, 0.29) is 18.1 Å². The van der Waals surface area contributed by atoms with Gasteiger partial charge in [-0.2, -0.15) is 0 Å². The van der Waals surface area contributed by atoms with Crippen LogP contribution in [0.5, 0.6) is 11.5 Å². The van der Waals surface area contributed by atoms with Gasteiger partial charge in [-0.3, -0.25) is 9.36 Å². The number of carbonyl (C=O) groups is 1. The molecule has 0 bridgehead atoms. The Labute approximate surface area is 200 Å². The lowest BCUT2D eigenvalue weighted by Crippen LogP contribution is -2.48. The van der Waals surface area contributed by atoms with Crippen LogP contribution in [0, 0.1) is 0 Å². The van der Waals surface area contributed by atoms with Gasteiger partial charge in [0.15, 0.2) is 22.5 Å². The molecule has 8 nitrogen and oxygen atoms in total. The standard InChI is InChI=1S/C24H34N4O4S/c1-16-13-27(14-17(2)32-16)22(29)15-33-24-26-25-23(28(24)19-8-6-5-7-9-19)18-10-11-20(30-3)21(12-18)31-4/h10-12,16-17,19H,5-9,13-15H2,1-4H3/t16-,17+. The number of aromatic nitrogens is 3. The first-order valence-electron chi connectivity index (χ1n) is 11.7. The highest BCUT2D eigenvalue weighted by Gasteiger charge is 2.28. The van der Waals surface area contributed by atoms with Gasteiger partial charge in [0, 0.05) is 24.7 Å². The smallest absolute Gasteiger partial charge is 0.233 e. The van der Waals surface area contributed by atoms with Crippen molar-refractivity contribution in [2.45, 2.75) is 69.4 Å². The molecule has 1 aromatic carbocycles. The van der Waals surface area contributed by atoms with Crippen molar-refractivity contribution in [1.82, 2.24) is 19.7 Å². The number of nitrogens with zero attached hydrogens (tertiary/aromatic N) is 4. The van der Waals surface area contributed by atoms with Gasteiger partial charge in [0.05, 0.1) is 32.2 Å². The van der Waals surface area contributed by atoms with E-state index in [1.54, 1.807) is 14.2 Å². The van der Waals surface area contributed by atoms with E-state index in [2.05, 4.69) is 14.8 Å². The molecule has 4 rings (SSSR count). The second-order valence-electron chi connectivity index (χ2n) is 8.88. The molecule has 1 saturated heterocycles. The summed E-state index contributed by atoms with van der Waals surface area (Å²) in [5.41, 5.74) is 0.930. The van der Waals surface area contributed by atoms with Crippen molar-refractivity contribution in [3.63, 3.8) is 0 Å². The van der Waals surface area contributed by atoms with Crippen molar-refractivity contribution < 1.29 is 19.0 Å². The fraction of sp³-hybridized carbons (Fsp3) is 0.625. The van der Waals surface area contributed by atoms with Crippen molar-refractivity contribution in [1.29, 1.82) is 0 Å². The Morgan fingerprint density at radius 3 is 2.42 bits per heavy atom. The molecule has 0 unspecified atom stereocenters. The van der Waals surface area contributed by atoms with Gasteiger partial charge in [-0.05, 0) is 44.9 Å². The van der Waals surface area contributed by atoms with Gasteiger partial charge in [-0.25, -0.2) is 0 Å². The molecule has 1 aliphatic carbocycles. The monoisotopic (exact) mass is 474 g/mol. The third-order valence-electron chi connectivity index (χ3n) is 6.34. The molecule has 2 fully saturated rings. The molecule has 1 aliphatic heterocycles. The van der Waals surface area contributed by atoms with Gasteiger partial charge < -0.3 is 19.1 Å². The van der Waals surface area contributed by atoms with E-state index in [9.17, 15) is 4.79 Å². The lowest BCUT2D eigenvalue weighted by molar-refractivity contribution is -0.140. The summed E-state index contributed by atoms with van der Waals surface area (Å²) in [6.07, 6.45) is 5.97. The molecule has 0 radical (unpaired) electrons. The highest BCUT2D eigenvalue weighted by Crippen LogP contribution is 2.38. The average molecular weight is 475 g/mol. The maximum absolute atomic E-state index is 12.9. The van der Waals surface area contributed by atoms with Gasteiger partial charge in [0.2, 0.25) is 5.91 Å². The van der Waals surface area contributed by atoms with E-state index in [0.29, 0.717) is 36.4 Å². The third-order valence-corrected chi connectivity index (χ3v) is 7.27. The Bertz CT molecular complexity index is 950. The first kappa shape index (κ1) is 23.9. The predicted octanol–water partition coefficient (Wildman–Crippen LogP) is 4.20. The number of hydrogen-bond acceptors (Lipinski definition) is 7. The summed E-state index contributed by atoms with van der Waals surface area (Å²) in [6, 6.07) is 6.16. The largest absolute Gasteiger partial charge is 0.493 e. The van der Waals surface area contributed by atoms with Gasteiger partial charge in [-0.1, -0.05) is 31.0 Å². The number of carbonyl (C=O) groups excluding carboxylic acids is 1. The molecular formula is C24H34N4O4S. The van der Waals surface area contributed by atoms with Crippen LogP contribution in [-0.4, -0.2) is 70.8 Å². The van der Waals surface area contributed by atoms with E-state index in [0.717, 1.165) is 29.4 Å². The maximum Gasteiger partial charge on any atom is 0.233 e. The molecule has 0 N–H and O–H groups in total. The molecule has 33 heavy (non-hydrogen) atoms. The van der Waals surface area contributed by atoms with Crippen LogP contribution in [0.15, 0.2) is 23.4 Å². The van der Waals surface area contributed by atoms with E-state index in [1.165, 1.54) is 31.0 Å². The topological polar surface area (TPSA) is 78.7 Å². The Hall–Kier alpha value is -2.26. The van der Waals surface area contributed by atoms with Crippen molar-refractivity contribution in [3.8, 4) is 22.9 Å². The molecule has 1 saturated carbocycles. The van der Waals surface area contributed by atoms with Crippen LogP contribution in [0.4, 0.5) is 0 Å². The SMILES string of the molecule is COc1ccc(-c2nnc(SCC(=O)N3C[C@@H](C)O[C@@H](C)C3)n2C2CCCCC2)cc1OC. The number of ether oxygens (including phenoxy) is 3. The van der Waals surface area contributed by atoms with Gasteiger partial charge in [-0.15, -0.1) is 10.2 Å². The van der Waals surface area contributed by atoms with Crippen molar-refractivity contribution in [2.24, 2.45) is 0 Å². The first-order chi connectivity index (χ1) is 16.0. The summed E-state index contributed by atoms with van der Waals surface area (Å²) in [4.78, 5) is 14.8. The predicted molar refractivity (Wildman–Crippen MR) is 128 cm³/mol. The molecule has 2 atom stereocenters. The number of methoxy groups -OCH3 is 2. The summed E-state index contributed by atoms with van der Waals surface area (Å²) >= 11 is 1.48. The van der Waals surface area contributed by atoms with Gasteiger partial charge in [0.1, 0.15) is 0 Å². The molecular weight excluding hydrogens is 440 g/mol. The Balaban J connectivity index is 1.58. The molecule has 0 spiro atoms. The number of morpholine rings is 1. The van der Waals surface area contributed by atoms with Crippen LogP contribution in [0.1, 0.15) is 52.0 Å². The zero-order valence-corrected chi connectivity index (χ0v) is 20.8. The number of thioether (sulfide) groups is 1. The molecule has 2 aliphatic rings. The quantitative estimate of drug-likeness (QED) is 0.557.